The molecule has 3 heterocycles. The van der Waals surface area contributed by atoms with E-state index in [4.69, 9.17) is 9.47 Å². The fourth-order valence-electron chi connectivity index (χ4n) is 3.34. The molecule has 162 valence electrons. The molecule has 1 aromatic carbocycles. The lowest BCUT2D eigenvalue weighted by Gasteiger charge is -2.30. The standard InChI is InChI=1S/C22H25N5O3S/c28-22(27-12-8-18(9-13-27)15-31-21-24-16-25-26-21)30-19-6-4-17(5-7-19)10-14-29-20-3-1-2-11-23-20/h1-7,11,16,18H,8-10,12-15H2,(H,24,25,26). The van der Waals surface area contributed by atoms with Crippen LogP contribution in [0.1, 0.15) is 18.4 Å². The first-order chi connectivity index (χ1) is 15.3. The number of carbonyl (C=O) groups excluding carboxylic acids is 1. The number of aromatic nitrogens is 4. The SMILES string of the molecule is O=C(Oc1ccc(CCOc2ccccn2)cc1)N1CCC(CSc2ncn[nH]2)CC1. The lowest BCUT2D eigenvalue weighted by Crippen LogP contribution is -2.40. The number of amides is 1. The zero-order valence-corrected chi connectivity index (χ0v) is 18.0. The van der Waals surface area contributed by atoms with E-state index in [0.29, 0.717) is 37.2 Å². The summed E-state index contributed by atoms with van der Waals surface area (Å²) in [6.07, 6.45) is 5.62. The van der Waals surface area contributed by atoms with Crippen molar-refractivity contribution in [3.8, 4) is 11.6 Å². The van der Waals surface area contributed by atoms with E-state index in [1.165, 1.54) is 6.33 Å². The number of rotatable bonds is 8. The fourth-order valence-corrected chi connectivity index (χ4v) is 4.30. The first-order valence-corrected chi connectivity index (χ1v) is 11.3. The van der Waals surface area contributed by atoms with E-state index in [9.17, 15) is 4.79 Å². The third-order valence-corrected chi connectivity index (χ3v) is 6.24. The van der Waals surface area contributed by atoms with Gasteiger partial charge in [-0.25, -0.2) is 14.8 Å². The van der Waals surface area contributed by atoms with Crippen LogP contribution in [0.2, 0.25) is 0 Å². The number of likely N-dealkylation sites (tertiary alicyclic amines) is 1. The number of aromatic amines is 1. The first kappa shape index (κ1) is 21.2. The molecule has 9 heteroatoms. The van der Waals surface area contributed by atoms with Crippen LogP contribution in [0.15, 0.2) is 60.1 Å². The number of nitrogens with zero attached hydrogens (tertiary/aromatic N) is 4. The minimum atomic E-state index is -0.285. The van der Waals surface area contributed by atoms with Gasteiger partial charge in [0.25, 0.3) is 0 Å². The molecule has 0 saturated carbocycles. The summed E-state index contributed by atoms with van der Waals surface area (Å²) in [5.74, 6) is 2.71. The van der Waals surface area contributed by atoms with Crippen LogP contribution in [0.25, 0.3) is 0 Å². The lowest BCUT2D eigenvalue weighted by molar-refractivity contribution is 0.134. The predicted molar refractivity (Wildman–Crippen MR) is 117 cm³/mol. The maximum atomic E-state index is 12.5. The van der Waals surface area contributed by atoms with Crippen molar-refractivity contribution in [2.45, 2.75) is 24.4 Å². The summed E-state index contributed by atoms with van der Waals surface area (Å²) < 4.78 is 11.2. The van der Waals surface area contributed by atoms with Gasteiger partial charge in [-0.3, -0.25) is 5.10 Å². The highest BCUT2D eigenvalue weighted by atomic mass is 32.2. The van der Waals surface area contributed by atoms with Gasteiger partial charge in [0.05, 0.1) is 6.61 Å². The van der Waals surface area contributed by atoms with Crippen molar-refractivity contribution in [3.63, 3.8) is 0 Å². The van der Waals surface area contributed by atoms with Crippen LogP contribution in [-0.2, 0) is 6.42 Å². The van der Waals surface area contributed by atoms with Crippen LogP contribution in [0.5, 0.6) is 11.6 Å². The average Bonchev–Trinajstić information content (AvgIpc) is 3.34. The molecule has 3 aromatic rings. The van der Waals surface area contributed by atoms with Crippen molar-refractivity contribution < 1.29 is 14.3 Å². The zero-order valence-electron chi connectivity index (χ0n) is 17.1. The molecule has 0 radical (unpaired) electrons. The van der Waals surface area contributed by atoms with E-state index in [1.807, 2.05) is 42.5 Å². The van der Waals surface area contributed by atoms with Crippen molar-refractivity contribution in [2.75, 3.05) is 25.4 Å². The Kier molecular flexibility index (Phi) is 7.38. The Morgan fingerprint density at radius 1 is 1.13 bits per heavy atom. The van der Waals surface area contributed by atoms with E-state index in [2.05, 4.69) is 20.2 Å². The second-order valence-electron chi connectivity index (χ2n) is 7.31. The fraction of sp³-hybridized carbons (Fsp3) is 0.364. The number of hydrogen-bond acceptors (Lipinski definition) is 7. The van der Waals surface area contributed by atoms with E-state index in [0.717, 1.165) is 35.7 Å². The number of piperidine rings is 1. The molecule has 2 aromatic heterocycles. The second kappa shape index (κ2) is 10.8. The molecule has 8 nitrogen and oxygen atoms in total. The van der Waals surface area contributed by atoms with Gasteiger partial charge in [0, 0.05) is 37.5 Å². The van der Waals surface area contributed by atoms with Gasteiger partial charge in [0.1, 0.15) is 12.1 Å². The van der Waals surface area contributed by atoms with Crippen LogP contribution in [0.3, 0.4) is 0 Å². The monoisotopic (exact) mass is 439 g/mol. The summed E-state index contributed by atoms with van der Waals surface area (Å²) in [4.78, 5) is 22.5. The van der Waals surface area contributed by atoms with E-state index in [-0.39, 0.29) is 6.09 Å². The van der Waals surface area contributed by atoms with Crippen LogP contribution in [0, 0.1) is 5.92 Å². The quantitative estimate of drug-likeness (QED) is 0.533. The largest absolute Gasteiger partial charge is 0.477 e. The van der Waals surface area contributed by atoms with Gasteiger partial charge < -0.3 is 14.4 Å². The van der Waals surface area contributed by atoms with Gasteiger partial charge in [-0.05, 0) is 42.5 Å². The van der Waals surface area contributed by atoms with Gasteiger partial charge in [0.2, 0.25) is 5.88 Å². The Bertz CT molecular complexity index is 930. The summed E-state index contributed by atoms with van der Waals surface area (Å²) in [7, 11) is 0. The number of pyridine rings is 1. The van der Waals surface area contributed by atoms with E-state index >= 15 is 0 Å². The molecule has 0 bridgehead atoms. The highest BCUT2D eigenvalue weighted by Crippen LogP contribution is 2.25. The van der Waals surface area contributed by atoms with E-state index < -0.39 is 0 Å². The van der Waals surface area contributed by atoms with Crippen molar-refractivity contribution >= 4 is 17.9 Å². The molecule has 1 N–H and O–H groups in total. The molecule has 1 aliphatic rings. The highest BCUT2D eigenvalue weighted by molar-refractivity contribution is 7.99. The molecule has 0 aliphatic carbocycles. The Hall–Kier alpha value is -3.07. The summed E-state index contributed by atoms with van der Waals surface area (Å²) >= 11 is 1.68. The van der Waals surface area contributed by atoms with Gasteiger partial charge >= 0.3 is 6.09 Å². The van der Waals surface area contributed by atoms with Crippen LogP contribution >= 0.6 is 11.8 Å². The van der Waals surface area contributed by atoms with Crippen molar-refractivity contribution in [1.29, 1.82) is 0 Å². The summed E-state index contributed by atoms with van der Waals surface area (Å²) in [6.45, 7) is 1.96. The van der Waals surface area contributed by atoms with Crippen LogP contribution < -0.4 is 9.47 Å². The predicted octanol–water partition coefficient (Wildman–Crippen LogP) is 3.82. The second-order valence-corrected chi connectivity index (χ2v) is 8.32. The molecule has 31 heavy (non-hydrogen) atoms. The third-order valence-electron chi connectivity index (χ3n) is 5.13. The molecule has 0 atom stereocenters. The number of nitrogens with one attached hydrogen (secondary N) is 1. The topological polar surface area (TPSA) is 93.2 Å². The van der Waals surface area contributed by atoms with Crippen molar-refractivity contribution in [1.82, 2.24) is 25.1 Å². The maximum Gasteiger partial charge on any atom is 0.415 e. The first-order valence-electron chi connectivity index (χ1n) is 10.3. The number of hydrogen-bond donors (Lipinski definition) is 1. The van der Waals surface area contributed by atoms with Crippen LogP contribution in [-0.4, -0.2) is 56.6 Å². The molecule has 1 amide bonds. The molecule has 1 fully saturated rings. The summed E-state index contributed by atoms with van der Waals surface area (Å²) in [6, 6.07) is 13.2. The average molecular weight is 440 g/mol. The normalized spacial score (nSPS) is 14.4. The summed E-state index contributed by atoms with van der Waals surface area (Å²) in [5.41, 5.74) is 1.11. The zero-order chi connectivity index (χ0) is 21.3. The minimum Gasteiger partial charge on any atom is -0.477 e. The summed E-state index contributed by atoms with van der Waals surface area (Å²) in [5, 5.41) is 7.56. The Morgan fingerprint density at radius 2 is 1.97 bits per heavy atom. The number of carbonyl (C=O) groups is 1. The van der Waals surface area contributed by atoms with E-state index in [1.54, 1.807) is 22.9 Å². The number of ether oxygens (including phenoxy) is 2. The maximum absolute atomic E-state index is 12.5. The van der Waals surface area contributed by atoms with Gasteiger partial charge in [-0.15, -0.1) is 0 Å². The smallest absolute Gasteiger partial charge is 0.415 e. The van der Waals surface area contributed by atoms with Crippen LogP contribution in [0.4, 0.5) is 4.79 Å². The molecule has 0 spiro atoms. The van der Waals surface area contributed by atoms with Crippen molar-refractivity contribution in [2.24, 2.45) is 5.92 Å². The number of H-pyrrole nitrogens is 1. The third kappa shape index (κ3) is 6.45. The Balaban J connectivity index is 1.16. The molecule has 0 unspecified atom stereocenters. The highest BCUT2D eigenvalue weighted by Gasteiger charge is 2.24. The molecule has 1 aliphatic heterocycles. The Morgan fingerprint density at radius 3 is 2.68 bits per heavy atom. The molecular formula is C22H25N5O3S. The Labute approximate surface area is 185 Å². The van der Waals surface area contributed by atoms with Gasteiger partial charge in [-0.1, -0.05) is 30.0 Å². The molecule has 4 rings (SSSR count). The number of thioether (sulfide) groups is 1. The minimum absolute atomic E-state index is 0.285. The molecular weight excluding hydrogens is 414 g/mol. The van der Waals surface area contributed by atoms with Crippen molar-refractivity contribution in [3.05, 3.63) is 60.6 Å². The van der Waals surface area contributed by atoms with Gasteiger partial charge in [0.15, 0.2) is 5.16 Å². The number of benzene rings is 1. The van der Waals surface area contributed by atoms with Gasteiger partial charge in [-0.2, -0.15) is 5.10 Å². The lowest BCUT2D eigenvalue weighted by atomic mass is 9.99. The molecule has 1 saturated heterocycles.